The fourth-order valence-electron chi connectivity index (χ4n) is 1.09. The lowest BCUT2D eigenvalue weighted by atomic mass is 10.1. The number of thiazole rings is 1. The summed E-state index contributed by atoms with van der Waals surface area (Å²) >= 11 is 3.73. The number of rotatable bonds is 2. The maximum absolute atomic E-state index is 4.25. The van der Waals surface area contributed by atoms with Crippen LogP contribution in [0.2, 0.25) is 0 Å². The molecule has 2 aromatic rings. The lowest BCUT2D eigenvalue weighted by Crippen LogP contribution is -1.81. The normalized spacial score (nSPS) is 9.92. The highest BCUT2D eigenvalue weighted by molar-refractivity contribution is 14.1. The molecule has 0 aliphatic rings. The molecule has 0 saturated carbocycles. The van der Waals surface area contributed by atoms with Gasteiger partial charge in [0.2, 0.25) is 0 Å². The molecule has 0 atom stereocenters. The van der Waals surface area contributed by atoms with Crippen molar-refractivity contribution in [3.8, 4) is 11.3 Å². The van der Waals surface area contributed by atoms with Crippen molar-refractivity contribution in [1.29, 1.82) is 0 Å². The Morgan fingerprint density at radius 1 is 1.38 bits per heavy atom. The third-order valence-electron chi connectivity index (χ3n) is 1.70. The molecule has 0 radical (unpaired) electrons. The number of halogens is 1. The lowest BCUT2D eigenvalue weighted by molar-refractivity contribution is 1.41. The van der Waals surface area contributed by atoms with Gasteiger partial charge in [-0.2, -0.15) is 0 Å². The lowest BCUT2D eigenvalue weighted by Gasteiger charge is -2.00. The summed E-state index contributed by atoms with van der Waals surface area (Å²) in [6, 6.07) is 8.20. The molecule has 1 N–H and O–H groups in total. The van der Waals surface area contributed by atoms with Crippen molar-refractivity contribution in [1.82, 2.24) is 4.98 Å². The van der Waals surface area contributed by atoms with Crippen LogP contribution in [0.1, 0.15) is 0 Å². The van der Waals surface area contributed by atoms with Gasteiger partial charge < -0.3 is 3.53 Å². The average Bonchev–Trinajstić information content (AvgIpc) is 2.71. The van der Waals surface area contributed by atoms with Gasteiger partial charge in [0.1, 0.15) is 0 Å². The van der Waals surface area contributed by atoms with Crippen LogP contribution in [-0.4, -0.2) is 4.98 Å². The summed E-state index contributed by atoms with van der Waals surface area (Å²) in [6.45, 7) is 0. The number of hydrogen-bond donors (Lipinski definition) is 1. The minimum Gasteiger partial charge on any atom is -0.328 e. The summed E-state index contributed by atoms with van der Waals surface area (Å²) in [5.41, 5.74) is 5.15. The minimum absolute atomic E-state index is 1.04. The molecule has 1 aromatic heterocycles. The fourth-order valence-corrected chi connectivity index (χ4v) is 1.99. The molecule has 0 spiro atoms. The summed E-state index contributed by atoms with van der Waals surface area (Å²) in [7, 11) is 0. The molecule has 0 aliphatic carbocycles. The average molecular weight is 302 g/mol. The van der Waals surface area contributed by atoms with Gasteiger partial charge in [0.15, 0.2) is 0 Å². The quantitative estimate of drug-likeness (QED) is 0.677. The second kappa shape index (κ2) is 4.06. The third kappa shape index (κ3) is 2.00. The molecular weight excluding hydrogens is 295 g/mol. The molecule has 4 heteroatoms. The van der Waals surface area contributed by atoms with E-state index >= 15 is 0 Å². The monoisotopic (exact) mass is 302 g/mol. The van der Waals surface area contributed by atoms with Crippen molar-refractivity contribution >= 4 is 39.9 Å². The number of benzene rings is 1. The van der Waals surface area contributed by atoms with Gasteiger partial charge in [0.25, 0.3) is 0 Å². The number of anilines is 1. The first-order valence-corrected chi connectivity index (χ1v) is 5.77. The number of aromatic nitrogens is 1. The molecule has 13 heavy (non-hydrogen) atoms. The Bertz CT molecular complexity index is 386. The Labute approximate surface area is 94.5 Å². The molecule has 0 bridgehead atoms. The van der Waals surface area contributed by atoms with Crippen LogP contribution in [0.4, 0.5) is 5.69 Å². The van der Waals surface area contributed by atoms with E-state index in [4.69, 9.17) is 0 Å². The highest BCUT2D eigenvalue weighted by Gasteiger charge is 1.99. The number of hydrogen-bond acceptors (Lipinski definition) is 3. The second-order valence-corrected chi connectivity index (χ2v) is 3.81. The largest absolute Gasteiger partial charge is 0.328 e. The Kier molecular flexibility index (Phi) is 2.80. The zero-order chi connectivity index (χ0) is 9.10. The molecule has 66 valence electrons. The topological polar surface area (TPSA) is 24.9 Å². The van der Waals surface area contributed by atoms with Crippen LogP contribution < -0.4 is 3.53 Å². The minimum atomic E-state index is 1.04. The molecule has 2 rings (SSSR count). The summed E-state index contributed by atoms with van der Waals surface area (Å²) in [5, 5.41) is 2.05. The van der Waals surface area contributed by atoms with E-state index in [-0.39, 0.29) is 0 Å². The van der Waals surface area contributed by atoms with Gasteiger partial charge in [-0.3, -0.25) is 0 Å². The van der Waals surface area contributed by atoms with Gasteiger partial charge >= 0.3 is 0 Å². The Morgan fingerprint density at radius 2 is 2.31 bits per heavy atom. The smallest absolute Gasteiger partial charge is 0.0811 e. The predicted octanol–water partition coefficient (Wildman–Crippen LogP) is 3.57. The molecule has 0 saturated heterocycles. The van der Waals surface area contributed by atoms with E-state index in [0.717, 1.165) is 16.9 Å². The van der Waals surface area contributed by atoms with Crippen molar-refractivity contribution in [2.75, 3.05) is 3.53 Å². The number of nitrogens with zero attached hydrogens (tertiary/aromatic N) is 1. The maximum Gasteiger partial charge on any atom is 0.0811 e. The first-order chi connectivity index (χ1) is 6.40. The SMILES string of the molecule is INc1cccc(-c2cscn2)c1. The van der Waals surface area contributed by atoms with Crippen LogP contribution in [0.25, 0.3) is 11.3 Å². The van der Waals surface area contributed by atoms with Crippen molar-refractivity contribution < 1.29 is 0 Å². The van der Waals surface area contributed by atoms with E-state index < -0.39 is 0 Å². The Hall–Kier alpha value is -0.620. The van der Waals surface area contributed by atoms with E-state index in [1.54, 1.807) is 11.3 Å². The van der Waals surface area contributed by atoms with Crippen LogP contribution in [-0.2, 0) is 0 Å². The summed E-state index contributed by atoms with van der Waals surface area (Å²) in [6.07, 6.45) is 0. The van der Waals surface area contributed by atoms with Crippen LogP contribution >= 0.6 is 34.2 Å². The van der Waals surface area contributed by atoms with Crippen molar-refractivity contribution in [2.24, 2.45) is 0 Å². The second-order valence-electron chi connectivity index (χ2n) is 2.55. The van der Waals surface area contributed by atoms with E-state index in [9.17, 15) is 0 Å². The third-order valence-corrected chi connectivity index (χ3v) is 2.91. The zero-order valence-electron chi connectivity index (χ0n) is 6.70. The predicted molar refractivity (Wildman–Crippen MR) is 65.2 cm³/mol. The first-order valence-electron chi connectivity index (χ1n) is 3.75. The fraction of sp³-hybridized carbons (Fsp3) is 0. The highest BCUT2D eigenvalue weighted by Crippen LogP contribution is 2.22. The summed E-state index contributed by atoms with van der Waals surface area (Å²) < 4.78 is 3.07. The summed E-state index contributed by atoms with van der Waals surface area (Å²) in [5.74, 6) is 0. The van der Waals surface area contributed by atoms with Crippen LogP contribution in [0.3, 0.4) is 0 Å². The van der Waals surface area contributed by atoms with Crippen molar-refractivity contribution in [3.63, 3.8) is 0 Å². The first kappa shape index (κ1) is 8.96. The van der Waals surface area contributed by atoms with Crippen molar-refractivity contribution in [3.05, 3.63) is 35.2 Å². The Balaban J connectivity index is 2.41. The molecule has 0 fully saturated rings. The van der Waals surface area contributed by atoms with Gasteiger partial charge in [0.05, 0.1) is 34.1 Å². The zero-order valence-corrected chi connectivity index (χ0v) is 9.67. The van der Waals surface area contributed by atoms with Gasteiger partial charge in [-0.25, -0.2) is 4.98 Å². The number of nitrogens with one attached hydrogen (secondary N) is 1. The summed E-state index contributed by atoms with van der Waals surface area (Å²) in [4.78, 5) is 4.25. The van der Waals surface area contributed by atoms with Gasteiger partial charge in [-0.05, 0) is 12.1 Å². The van der Waals surface area contributed by atoms with E-state index in [0.29, 0.717) is 0 Å². The molecule has 1 aromatic carbocycles. The molecule has 0 amide bonds. The van der Waals surface area contributed by atoms with Gasteiger partial charge in [0, 0.05) is 16.6 Å². The molecule has 2 nitrogen and oxygen atoms in total. The standard InChI is InChI=1S/C9H7IN2S/c10-12-8-3-1-2-7(4-8)9-5-13-6-11-9/h1-6,12H. The van der Waals surface area contributed by atoms with Crippen LogP contribution in [0.15, 0.2) is 35.2 Å². The Morgan fingerprint density at radius 3 is 3.00 bits per heavy atom. The highest BCUT2D eigenvalue weighted by atomic mass is 127. The maximum atomic E-state index is 4.25. The van der Waals surface area contributed by atoms with E-state index in [1.807, 2.05) is 23.0 Å². The molecule has 0 aliphatic heterocycles. The van der Waals surface area contributed by atoms with Gasteiger partial charge in [-0.1, -0.05) is 12.1 Å². The van der Waals surface area contributed by atoms with Crippen molar-refractivity contribution in [2.45, 2.75) is 0 Å². The van der Waals surface area contributed by atoms with Crippen LogP contribution in [0, 0.1) is 0 Å². The molecule has 0 unspecified atom stereocenters. The van der Waals surface area contributed by atoms with Gasteiger partial charge in [-0.15, -0.1) is 11.3 Å². The van der Waals surface area contributed by atoms with Crippen LogP contribution in [0.5, 0.6) is 0 Å². The van der Waals surface area contributed by atoms with E-state index in [1.165, 1.54) is 0 Å². The molecular formula is C9H7IN2S. The van der Waals surface area contributed by atoms with E-state index in [2.05, 4.69) is 43.5 Å². The molecule has 1 heterocycles.